The highest BCUT2D eigenvalue weighted by Gasteiger charge is 2.53. The first-order valence-electron chi connectivity index (χ1n) is 23.1. The zero-order valence-corrected chi connectivity index (χ0v) is 37.0. The first kappa shape index (κ1) is 55.6. The highest BCUT2D eigenvalue weighted by molar-refractivity contribution is 5.76. The second kappa shape index (κ2) is 30.5. The summed E-state index contributed by atoms with van der Waals surface area (Å²) in [5, 5.41) is 119. The van der Waals surface area contributed by atoms with Gasteiger partial charge in [-0.05, 0) is 44.9 Å². The summed E-state index contributed by atoms with van der Waals surface area (Å²) < 4.78 is 33.9. The Labute approximate surface area is 371 Å². The van der Waals surface area contributed by atoms with Crippen LogP contribution in [0.3, 0.4) is 0 Å². The van der Waals surface area contributed by atoms with Gasteiger partial charge in [0.05, 0.1) is 38.6 Å². The van der Waals surface area contributed by atoms with Crippen LogP contribution in [0.4, 0.5) is 0 Å². The van der Waals surface area contributed by atoms with Gasteiger partial charge in [-0.1, -0.05) is 89.5 Å². The zero-order chi connectivity index (χ0) is 46.3. The molecule has 17 atom stereocenters. The van der Waals surface area contributed by atoms with Gasteiger partial charge in [0.2, 0.25) is 5.91 Å². The molecule has 3 saturated heterocycles. The third-order valence-electron chi connectivity index (χ3n) is 11.7. The number of nitrogens with one attached hydrogen (secondary N) is 1. The lowest BCUT2D eigenvalue weighted by Crippen LogP contribution is -2.66. The van der Waals surface area contributed by atoms with Crippen molar-refractivity contribution in [2.75, 3.05) is 26.4 Å². The average molecular weight is 910 g/mol. The van der Waals surface area contributed by atoms with E-state index in [1.54, 1.807) is 6.08 Å². The summed E-state index contributed by atoms with van der Waals surface area (Å²) in [4.78, 5) is 13.1. The normalized spacial score (nSPS) is 35.0. The second-order valence-corrected chi connectivity index (χ2v) is 16.9. The molecule has 0 aromatic rings. The highest BCUT2D eigenvalue weighted by Crippen LogP contribution is 2.33. The van der Waals surface area contributed by atoms with Crippen molar-refractivity contribution in [1.29, 1.82) is 0 Å². The van der Waals surface area contributed by atoms with Crippen molar-refractivity contribution in [2.45, 2.75) is 221 Å². The number of allylic oxidation sites excluding steroid dienone is 3. The number of carbonyl (C=O) groups excluding carboxylic acids is 1. The Balaban J connectivity index is 1.58. The lowest BCUT2D eigenvalue weighted by atomic mass is 9.96. The molecule has 12 N–H and O–H groups in total. The minimum atomic E-state index is -1.97. The van der Waals surface area contributed by atoms with Crippen LogP contribution < -0.4 is 5.32 Å². The number of hydrogen-bond donors (Lipinski definition) is 12. The van der Waals surface area contributed by atoms with E-state index in [2.05, 4.69) is 31.3 Å². The summed E-state index contributed by atoms with van der Waals surface area (Å²) >= 11 is 0. The molecule has 63 heavy (non-hydrogen) atoms. The second-order valence-electron chi connectivity index (χ2n) is 16.9. The van der Waals surface area contributed by atoms with E-state index in [9.17, 15) is 61.0 Å². The van der Waals surface area contributed by atoms with E-state index >= 15 is 0 Å². The lowest BCUT2D eigenvalue weighted by Gasteiger charge is -2.48. The predicted molar refractivity (Wildman–Crippen MR) is 226 cm³/mol. The van der Waals surface area contributed by atoms with Crippen molar-refractivity contribution in [3.05, 3.63) is 24.3 Å². The molecule has 368 valence electrons. The molecule has 0 aromatic heterocycles. The number of carbonyl (C=O) groups is 1. The number of rotatable bonds is 30. The van der Waals surface area contributed by atoms with Crippen molar-refractivity contribution in [3.8, 4) is 0 Å². The van der Waals surface area contributed by atoms with E-state index in [1.807, 2.05) is 6.08 Å². The Kier molecular flexibility index (Phi) is 26.9. The molecule has 3 heterocycles. The molecular formula is C44H79NO18. The fourth-order valence-electron chi connectivity index (χ4n) is 7.77. The maximum absolute atomic E-state index is 13.1. The van der Waals surface area contributed by atoms with Gasteiger partial charge in [-0.25, -0.2) is 0 Å². The first-order chi connectivity index (χ1) is 30.3. The van der Waals surface area contributed by atoms with Gasteiger partial charge in [-0.3, -0.25) is 4.79 Å². The van der Waals surface area contributed by atoms with Crippen LogP contribution in [0.1, 0.15) is 117 Å². The van der Waals surface area contributed by atoms with Gasteiger partial charge in [0.15, 0.2) is 18.9 Å². The SMILES string of the molecule is CCCCC/C=C\CCCCCCCC(=O)NC(COC1OC(CO)C(OC2OC(CO)C(OC3OC(CO)C(O)C(O)C3O)C(O)C2O)C(O)C1O)C(O)/C=C/CCCCCC. The molecule has 0 spiro atoms. The molecule has 1 amide bonds. The summed E-state index contributed by atoms with van der Waals surface area (Å²) in [6.45, 7) is 1.53. The predicted octanol–water partition coefficient (Wildman–Crippen LogP) is -0.309. The van der Waals surface area contributed by atoms with Gasteiger partial charge in [-0.2, -0.15) is 0 Å². The van der Waals surface area contributed by atoms with Crippen molar-refractivity contribution in [1.82, 2.24) is 5.32 Å². The molecule has 0 radical (unpaired) electrons. The van der Waals surface area contributed by atoms with E-state index in [0.717, 1.165) is 70.6 Å². The molecule has 3 aliphatic rings. The number of hydrogen-bond acceptors (Lipinski definition) is 18. The Morgan fingerprint density at radius 2 is 1.00 bits per heavy atom. The van der Waals surface area contributed by atoms with Gasteiger partial charge >= 0.3 is 0 Å². The molecule has 0 bridgehead atoms. The van der Waals surface area contributed by atoms with Crippen LogP contribution in [0, 0.1) is 0 Å². The maximum atomic E-state index is 13.1. The largest absolute Gasteiger partial charge is 0.394 e. The Morgan fingerprint density at radius 1 is 0.556 bits per heavy atom. The number of unbranched alkanes of at least 4 members (excludes halogenated alkanes) is 12. The molecule has 19 nitrogen and oxygen atoms in total. The standard InChI is InChI=1S/C44H79NO18/c1-3-5-7-9-11-12-13-14-15-16-18-20-22-32(50)45-27(28(49)21-19-17-10-8-6-4-2)26-58-42-38(56)35(53)40(30(24-47)60-42)63-44-39(57)36(54)41(31(25-48)61-44)62-43-37(55)34(52)33(51)29(23-46)59-43/h11-12,19,21,27-31,33-44,46-49,51-57H,3-10,13-18,20,22-26H2,1-2H3,(H,45,50)/b12-11-,21-19+. The molecule has 3 rings (SSSR count). The third kappa shape index (κ3) is 17.8. The molecule has 0 aromatic carbocycles. The summed E-state index contributed by atoms with van der Waals surface area (Å²) in [5.74, 6) is -0.295. The van der Waals surface area contributed by atoms with Crippen LogP contribution in [0.25, 0.3) is 0 Å². The fraction of sp³-hybridized carbons (Fsp3) is 0.886. The van der Waals surface area contributed by atoms with Crippen LogP contribution >= 0.6 is 0 Å². The van der Waals surface area contributed by atoms with Crippen molar-refractivity contribution < 1.29 is 89.4 Å². The van der Waals surface area contributed by atoms with Crippen LogP contribution in [0.2, 0.25) is 0 Å². The van der Waals surface area contributed by atoms with Crippen molar-refractivity contribution >= 4 is 5.91 Å². The number of aliphatic hydroxyl groups is 11. The van der Waals surface area contributed by atoms with E-state index < -0.39 is 124 Å². The van der Waals surface area contributed by atoms with Crippen LogP contribution in [-0.4, -0.2) is 193 Å². The molecular weight excluding hydrogens is 830 g/mol. The smallest absolute Gasteiger partial charge is 0.220 e. The van der Waals surface area contributed by atoms with E-state index in [4.69, 9.17) is 28.4 Å². The quantitative estimate of drug-likeness (QED) is 0.0325. The minimum Gasteiger partial charge on any atom is -0.394 e. The Bertz CT molecular complexity index is 1280. The van der Waals surface area contributed by atoms with Gasteiger partial charge < -0.3 is 89.9 Å². The van der Waals surface area contributed by atoms with Crippen LogP contribution in [0.5, 0.6) is 0 Å². The molecule has 19 heteroatoms. The summed E-state index contributed by atoms with van der Waals surface area (Å²) in [7, 11) is 0. The van der Waals surface area contributed by atoms with E-state index in [1.165, 1.54) is 19.3 Å². The fourth-order valence-corrected chi connectivity index (χ4v) is 7.77. The van der Waals surface area contributed by atoms with Gasteiger partial charge in [0, 0.05) is 6.42 Å². The van der Waals surface area contributed by atoms with Crippen LogP contribution in [0.15, 0.2) is 24.3 Å². The summed E-state index contributed by atoms with van der Waals surface area (Å²) in [6, 6.07) is -0.969. The van der Waals surface area contributed by atoms with Crippen LogP contribution in [-0.2, 0) is 33.2 Å². The molecule has 3 fully saturated rings. The monoisotopic (exact) mass is 910 g/mol. The molecule has 17 unspecified atom stereocenters. The topological polar surface area (TPSA) is 307 Å². The Morgan fingerprint density at radius 3 is 1.57 bits per heavy atom. The lowest BCUT2D eigenvalue weighted by molar-refractivity contribution is -0.379. The maximum Gasteiger partial charge on any atom is 0.220 e. The minimum absolute atomic E-state index is 0.232. The summed E-state index contributed by atoms with van der Waals surface area (Å²) in [5.41, 5.74) is 0. The van der Waals surface area contributed by atoms with E-state index in [0.29, 0.717) is 6.42 Å². The highest BCUT2D eigenvalue weighted by atomic mass is 16.8. The number of aliphatic hydroxyl groups excluding tert-OH is 11. The number of ether oxygens (including phenoxy) is 6. The Hall–Kier alpha value is -1.73. The van der Waals surface area contributed by atoms with Gasteiger partial charge in [-0.15, -0.1) is 0 Å². The van der Waals surface area contributed by atoms with Gasteiger partial charge in [0.1, 0.15) is 73.2 Å². The number of amides is 1. The first-order valence-corrected chi connectivity index (χ1v) is 23.1. The molecule has 0 saturated carbocycles. The van der Waals surface area contributed by atoms with Crippen molar-refractivity contribution in [3.63, 3.8) is 0 Å². The summed E-state index contributed by atoms with van der Waals surface area (Å²) in [6.07, 6.45) is -3.21. The molecule has 3 aliphatic heterocycles. The zero-order valence-electron chi connectivity index (χ0n) is 37.0. The third-order valence-corrected chi connectivity index (χ3v) is 11.7. The van der Waals surface area contributed by atoms with Gasteiger partial charge in [0.25, 0.3) is 0 Å². The van der Waals surface area contributed by atoms with E-state index in [-0.39, 0.29) is 18.9 Å². The average Bonchev–Trinajstić information content (AvgIpc) is 3.28. The molecule has 0 aliphatic carbocycles. The van der Waals surface area contributed by atoms with Crippen molar-refractivity contribution in [2.24, 2.45) is 0 Å².